The number of hydrogen-bond donors (Lipinski definition) is 1. The Morgan fingerprint density at radius 3 is 2.44 bits per heavy atom. The van der Waals surface area contributed by atoms with E-state index >= 15 is 0 Å². The predicted octanol–water partition coefficient (Wildman–Crippen LogP) is 1.83. The van der Waals surface area contributed by atoms with Crippen LogP contribution < -0.4 is 0 Å². The SMILES string of the molecule is C[N+]1(CCc2ccccc2)CCC(O)CC1. The predicted molar refractivity (Wildman–Crippen MR) is 66.2 cm³/mol. The number of nitrogens with zero attached hydrogens (tertiary/aromatic N) is 1. The molecule has 1 aromatic carbocycles. The lowest BCUT2D eigenvalue weighted by molar-refractivity contribution is -0.914. The molecule has 0 bridgehead atoms. The standard InChI is InChI=1S/C14H22NO/c1-15(11-8-14(16)9-12-15)10-7-13-5-3-2-4-6-13/h2-6,14,16H,7-12H2,1H3/q+1. The molecule has 88 valence electrons. The molecule has 2 nitrogen and oxygen atoms in total. The second-order valence-electron chi connectivity index (χ2n) is 5.26. The highest BCUT2D eigenvalue weighted by atomic mass is 16.3. The number of likely N-dealkylation sites (N-methyl/N-ethyl adjacent to an activating group) is 1. The van der Waals surface area contributed by atoms with Crippen LogP contribution in [0.15, 0.2) is 30.3 Å². The van der Waals surface area contributed by atoms with E-state index in [9.17, 15) is 5.11 Å². The Bertz CT molecular complexity index is 315. The fourth-order valence-electron chi connectivity index (χ4n) is 2.44. The smallest absolute Gasteiger partial charge is 0.0825 e. The first-order valence-electron chi connectivity index (χ1n) is 6.23. The number of quaternary nitrogens is 1. The summed E-state index contributed by atoms with van der Waals surface area (Å²) >= 11 is 0. The van der Waals surface area contributed by atoms with Crippen molar-refractivity contribution in [3.05, 3.63) is 35.9 Å². The summed E-state index contributed by atoms with van der Waals surface area (Å²) in [6.45, 7) is 3.43. The van der Waals surface area contributed by atoms with Gasteiger partial charge in [-0.2, -0.15) is 0 Å². The molecule has 1 N–H and O–H groups in total. The summed E-state index contributed by atoms with van der Waals surface area (Å²) in [4.78, 5) is 0. The minimum atomic E-state index is -0.0528. The molecule has 1 aliphatic heterocycles. The zero-order chi connectivity index (χ0) is 11.4. The van der Waals surface area contributed by atoms with E-state index in [4.69, 9.17) is 0 Å². The molecule has 0 amide bonds. The second-order valence-corrected chi connectivity index (χ2v) is 5.26. The summed E-state index contributed by atoms with van der Waals surface area (Å²) < 4.78 is 1.12. The molecule has 0 atom stereocenters. The highest BCUT2D eigenvalue weighted by Gasteiger charge is 2.28. The number of likely N-dealkylation sites (tertiary alicyclic amines) is 1. The first-order chi connectivity index (χ1) is 7.68. The van der Waals surface area contributed by atoms with Crippen molar-refractivity contribution in [1.82, 2.24) is 0 Å². The molecule has 1 fully saturated rings. The number of hydrogen-bond acceptors (Lipinski definition) is 1. The van der Waals surface area contributed by atoms with Crippen LogP contribution in [-0.4, -0.2) is 42.4 Å². The van der Waals surface area contributed by atoms with Gasteiger partial charge in [0.15, 0.2) is 0 Å². The lowest BCUT2D eigenvalue weighted by Gasteiger charge is -2.39. The van der Waals surface area contributed by atoms with Crippen molar-refractivity contribution in [3.63, 3.8) is 0 Å². The van der Waals surface area contributed by atoms with Crippen LogP contribution in [0.1, 0.15) is 18.4 Å². The van der Waals surface area contributed by atoms with E-state index < -0.39 is 0 Å². The van der Waals surface area contributed by atoms with Crippen LogP contribution in [0, 0.1) is 0 Å². The van der Waals surface area contributed by atoms with Crippen LogP contribution in [0.2, 0.25) is 0 Å². The van der Waals surface area contributed by atoms with Crippen LogP contribution in [0.4, 0.5) is 0 Å². The maximum atomic E-state index is 9.52. The monoisotopic (exact) mass is 220 g/mol. The van der Waals surface area contributed by atoms with Crippen LogP contribution in [0.5, 0.6) is 0 Å². The molecule has 2 heteroatoms. The van der Waals surface area contributed by atoms with E-state index in [1.54, 1.807) is 0 Å². The summed E-state index contributed by atoms with van der Waals surface area (Å²) in [6.07, 6.45) is 3.02. The van der Waals surface area contributed by atoms with Gasteiger partial charge in [0.25, 0.3) is 0 Å². The zero-order valence-corrected chi connectivity index (χ0v) is 10.1. The molecule has 1 aromatic rings. The van der Waals surface area contributed by atoms with E-state index in [2.05, 4.69) is 37.4 Å². The third kappa shape index (κ3) is 3.06. The van der Waals surface area contributed by atoms with Crippen molar-refractivity contribution >= 4 is 0 Å². The first-order valence-corrected chi connectivity index (χ1v) is 6.23. The molecular weight excluding hydrogens is 198 g/mol. The Kier molecular flexibility index (Phi) is 3.62. The highest BCUT2D eigenvalue weighted by molar-refractivity contribution is 5.14. The summed E-state index contributed by atoms with van der Waals surface area (Å²) in [5, 5.41) is 9.52. The number of piperidine rings is 1. The average molecular weight is 220 g/mol. The lowest BCUT2D eigenvalue weighted by atomic mass is 10.0. The molecular formula is C14H22NO+. The van der Waals surface area contributed by atoms with E-state index in [0.717, 1.165) is 36.8 Å². The minimum Gasteiger partial charge on any atom is -0.393 e. The normalized spacial score (nSPS) is 30.2. The Morgan fingerprint density at radius 2 is 1.81 bits per heavy atom. The van der Waals surface area contributed by atoms with Gasteiger partial charge in [0.1, 0.15) is 0 Å². The molecule has 1 heterocycles. The molecule has 2 rings (SSSR count). The number of aliphatic hydroxyl groups excluding tert-OH is 1. The van der Waals surface area contributed by atoms with Crippen molar-refractivity contribution in [2.45, 2.75) is 25.4 Å². The molecule has 0 unspecified atom stereocenters. The Balaban J connectivity index is 1.85. The van der Waals surface area contributed by atoms with Crippen LogP contribution >= 0.6 is 0 Å². The van der Waals surface area contributed by atoms with E-state index in [0.29, 0.717) is 0 Å². The van der Waals surface area contributed by atoms with Gasteiger partial charge >= 0.3 is 0 Å². The van der Waals surface area contributed by atoms with Crippen molar-refractivity contribution in [3.8, 4) is 0 Å². The molecule has 1 aliphatic rings. The highest BCUT2D eigenvalue weighted by Crippen LogP contribution is 2.17. The van der Waals surface area contributed by atoms with Gasteiger partial charge in [-0.25, -0.2) is 0 Å². The second kappa shape index (κ2) is 4.98. The quantitative estimate of drug-likeness (QED) is 0.771. The fraction of sp³-hybridized carbons (Fsp3) is 0.571. The first kappa shape index (κ1) is 11.6. The van der Waals surface area contributed by atoms with Gasteiger partial charge in [-0.15, -0.1) is 0 Å². The summed E-state index contributed by atoms with van der Waals surface area (Å²) in [5.41, 5.74) is 1.42. The Hall–Kier alpha value is -0.860. The van der Waals surface area contributed by atoms with Crippen molar-refractivity contribution in [2.75, 3.05) is 26.7 Å². The van der Waals surface area contributed by atoms with E-state index in [1.165, 1.54) is 12.1 Å². The maximum Gasteiger partial charge on any atom is 0.0825 e. The third-order valence-corrected chi connectivity index (χ3v) is 3.79. The summed E-state index contributed by atoms with van der Waals surface area (Å²) in [5.74, 6) is 0. The zero-order valence-electron chi connectivity index (χ0n) is 10.1. The van der Waals surface area contributed by atoms with Crippen molar-refractivity contribution in [1.29, 1.82) is 0 Å². The Morgan fingerprint density at radius 1 is 1.19 bits per heavy atom. The van der Waals surface area contributed by atoms with E-state index in [-0.39, 0.29) is 6.10 Å². The fourth-order valence-corrected chi connectivity index (χ4v) is 2.44. The van der Waals surface area contributed by atoms with Gasteiger partial charge in [0, 0.05) is 19.3 Å². The number of benzene rings is 1. The van der Waals surface area contributed by atoms with Gasteiger partial charge in [0.05, 0.1) is 32.8 Å². The molecule has 16 heavy (non-hydrogen) atoms. The lowest BCUT2D eigenvalue weighted by Crippen LogP contribution is -2.51. The molecule has 0 radical (unpaired) electrons. The number of rotatable bonds is 3. The van der Waals surface area contributed by atoms with Crippen molar-refractivity contribution < 1.29 is 9.59 Å². The molecule has 0 aromatic heterocycles. The Labute approximate surface area is 98.1 Å². The number of aliphatic hydroxyl groups is 1. The van der Waals surface area contributed by atoms with Gasteiger partial charge in [0.2, 0.25) is 0 Å². The van der Waals surface area contributed by atoms with Gasteiger partial charge in [-0.1, -0.05) is 30.3 Å². The van der Waals surface area contributed by atoms with Crippen LogP contribution in [-0.2, 0) is 6.42 Å². The van der Waals surface area contributed by atoms with Crippen LogP contribution in [0.3, 0.4) is 0 Å². The topological polar surface area (TPSA) is 20.2 Å². The van der Waals surface area contributed by atoms with Crippen LogP contribution in [0.25, 0.3) is 0 Å². The summed E-state index contributed by atoms with van der Waals surface area (Å²) in [7, 11) is 2.31. The van der Waals surface area contributed by atoms with Gasteiger partial charge < -0.3 is 9.59 Å². The van der Waals surface area contributed by atoms with Gasteiger partial charge in [-0.3, -0.25) is 0 Å². The molecule has 0 saturated carbocycles. The molecule has 0 aliphatic carbocycles. The largest absolute Gasteiger partial charge is 0.393 e. The van der Waals surface area contributed by atoms with Crippen molar-refractivity contribution in [2.24, 2.45) is 0 Å². The van der Waals surface area contributed by atoms with Gasteiger partial charge in [-0.05, 0) is 5.56 Å². The van der Waals surface area contributed by atoms with E-state index in [1.807, 2.05) is 0 Å². The minimum absolute atomic E-state index is 0.0528. The maximum absolute atomic E-state index is 9.52. The summed E-state index contributed by atoms with van der Waals surface area (Å²) in [6, 6.07) is 10.7. The average Bonchev–Trinajstić information content (AvgIpc) is 2.33. The molecule has 0 spiro atoms. The third-order valence-electron chi connectivity index (χ3n) is 3.79. The molecule has 1 saturated heterocycles.